The first-order valence-corrected chi connectivity index (χ1v) is 3.73. The van der Waals surface area contributed by atoms with Crippen LogP contribution in [-0.2, 0) is 4.74 Å². The second-order valence-electron chi connectivity index (χ2n) is 2.82. The van der Waals surface area contributed by atoms with Crippen molar-refractivity contribution in [2.75, 3.05) is 20.3 Å². The largest absolute Gasteiger partial charge is 0.393 e. The summed E-state index contributed by atoms with van der Waals surface area (Å²) in [5, 5.41) is 17.4. The van der Waals surface area contributed by atoms with Gasteiger partial charge < -0.3 is 14.9 Å². The van der Waals surface area contributed by atoms with Crippen LogP contribution in [0.25, 0.3) is 0 Å². The van der Waals surface area contributed by atoms with Crippen LogP contribution in [0.2, 0.25) is 0 Å². The van der Waals surface area contributed by atoms with Crippen LogP contribution < -0.4 is 0 Å². The Morgan fingerprint density at radius 3 is 1.77 bits per heavy atom. The predicted molar refractivity (Wildman–Crippen MR) is 39.2 cm³/mol. The lowest BCUT2D eigenvalue weighted by Gasteiger charge is -2.28. The molecule has 0 fully saturated rings. The third kappa shape index (κ3) is 4.44. The standard InChI is InChI=1S/C7H13F3O3/c1-13-6(4-11,5-12)2-3-7(8,9)10/h11-12H,2-5H2,1H3. The highest BCUT2D eigenvalue weighted by atomic mass is 19.4. The van der Waals surface area contributed by atoms with Crippen molar-refractivity contribution in [1.29, 1.82) is 0 Å². The van der Waals surface area contributed by atoms with Crippen LogP contribution in [-0.4, -0.2) is 42.3 Å². The number of hydrogen-bond acceptors (Lipinski definition) is 3. The maximum Gasteiger partial charge on any atom is 0.389 e. The van der Waals surface area contributed by atoms with Crippen molar-refractivity contribution < 1.29 is 28.1 Å². The number of halogens is 3. The number of aliphatic hydroxyl groups excluding tert-OH is 2. The van der Waals surface area contributed by atoms with Gasteiger partial charge in [-0.05, 0) is 6.42 Å². The van der Waals surface area contributed by atoms with Crippen molar-refractivity contribution in [3.63, 3.8) is 0 Å². The molecule has 0 spiro atoms. The molecule has 80 valence electrons. The van der Waals surface area contributed by atoms with Crippen LogP contribution in [0.1, 0.15) is 12.8 Å². The lowest BCUT2D eigenvalue weighted by Crippen LogP contribution is -2.40. The zero-order chi connectivity index (χ0) is 10.5. The van der Waals surface area contributed by atoms with Gasteiger partial charge in [-0.2, -0.15) is 13.2 Å². The fraction of sp³-hybridized carbons (Fsp3) is 1.00. The predicted octanol–water partition coefficient (Wildman–Crippen LogP) is 0.699. The summed E-state index contributed by atoms with van der Waals surface area (Å²) in [7, 11) is 1.16. The minimum Gasteiger partial charge on any atom is -0.393 e. The monoisotopic (exact) mass is 202 g/mol. The maximum absolute atomic E-state index is 11.8. The zero-order valence-electron chi connectivity index (χ0n) is 7.26. The third-order valence-corrected chi connectivity index (χ3v) is 1.87. The Kier molecular flexibility index (Phi) is 4.66. The Morgan fingerprint density at radius 2 is 1.54 bits per heavy atom. The summed E-state index contributed by atoms with van der Waals surface area (Å²) >= 11 is 0. The lowest BCUT2D eigenvalue weighted by molar-refractivity contribution is -0.160. The molecule has 0 aromatic rings. The van der Waals surface area contributed by atoms with Gasteiger partial charge in [0.15, 0.2) is 0 Å². The average Bonchev–Trinajstić information content (AvgIpc) is 2.06. The second kappa shape index (κ2) is 4.78. The summed E-state index contributed by atoms with van der Waals surface area (Å²) in [6, 6.07) is 0. The first-order chi connectivity index (χ1) is 5.89. The van der Waals surface area contributed by atoms with Crippen molar-refractivity contribution in [3.05, 3.63) is 0 Å². The Labute approximate surface area is 74.1 Å². The third-order valence-electron chi connectivity index (χ3n) is 1.87. The number of ether oxygens (including phenoxy) is 1. The number of methoxy groups -OCH3 is 1. The van der Waals surface area contributed by atoms with E-state index in [9.17, 15) is 13.2 Å². The Balaban J connectivity index is 4.11. The maximum atomic E-state index is 11.8. The van der Waals surface area contributed by atoms with Crippen LogP contribution in [0.5, 0.6) is 0 Å². The van der Waals surface area contributed by atoms with Gasteiger partial charge in [0.25, 0.3) is 0 Å². The highest BCUT2D eigenvalue weighted by Gasteiger charge is 2.35. The van der Waals surface area contributed by atoms with E-state index < -0.39 is 37.8 Å². The molecular weight excluding hydrogens is 189 g/mol. The van der Waals surface area contributed by atoms with Gasteiger partial charge in [-0.15, -0.1) is 0 Å². The number of aliphatic hydroxyl groups is 2. The molecule has 0 unspecified atom stereocenters. The topological polar surface area (TPSA) is 49.7 Å². The van der Waals surface area contributed by atoms with Crippen molar-refractivity contribution in [3.8, 4) is 0 Å². The Hall–Kier alpha value is -0.330. The molecule has 0 radical (unpaired) electrons. The summed E-state index contributed by atoms with van der Waals surface area (Å²) in [5.41, 5.74) is -1.48. The molecule has 0 saturated carbocycles. The van der Waals surface area contributed by atoms with Crippen molar-refractivity contribution >= 4 is 0 Å². The van der Waals surface area contributed by atoms with E-state index in [4.69, 9.17) is 10.2 Å². The molecule has 0 amide bonds. The molecule has 0 aromatic carbocycles. The van der Waals surface area contributed by atoms with Crippen LogP contribution >= 0.6 is 0 Å². The zero-order valence-corrected chi connectivity index (χ0v) is 7.26. The minimum atomic E-state index is -4.30. The van der Waals surface area contributed by atoms with Gasteiger partial charge in [-0.3, -0.25) is 0 Å². The minimum absolute atomic E-state index is 0.444. The first kappa shape index (κ1) is 12.7. The van der Waals surface area contributed by atoms with Gasteiger partial charge in [0, 0.05) is 13.5 Å². The normalized spacial score (nSPS) is 13.4. The molecule has 0 aliphatic carbocycles. The second-order valence-corrected chi connectivity index (χ2v) is 2.82. The molecule has 0 heterocycles. The molecule has 13 heavy (non-hydrogen) atoms. The Morgan fingerprint density at radius 1 is 1.08 bits per heavy atom. The van der Waals surface area contributed by atoms with E-state index in [1.807, 2.05) is 0 Å². The van der Waals surface area contributed by atoms with Gasteiger partial charge in [-0.25, -0.2) is 0 Å². The molecule has 0 rings (SSSR count). The SMILES string of the molecule is COC(CO)(CO)CCC(F)(F)F. The average molecular weight is 202 g/mol. The van der Waals surface area contributed by atoms with E-state index in [1.165, 1.54) is 0 Å². The van der Waals surface area contributed by atoms with Crippen LogP contribution in [0, 0.1) is 0 Å². The summed E-state index contributed by atoms with van der Waals surface area (Å²) < 4.78 is 40.0. The summed E-state index contributed by atoms with van der Waals surface area (Å²) in [6.07, 6.45) is -5.82. The Bertz CT molecular complexity index is 134. The lowest BCUT2D eigenvalue weighted by atomic mass is 9.99. The summed E-state index contributed by atoms with van der Waals surface area (Å²) in [4.78, 5) is 0. The molecule has 0 aliphatic rings. The van der Waals surface area contributed by atoms with Crippen molar-refractivity contribution in [1.82, 2.24) is 0 Å². The fourth-order valence-electron chi connectivity index (χ4n) is 0.809. The smallest absolute Gasteiger partial charge is 0.389 e. The van der Waals surface area contributed by atoms with E-state index in [0.29, 0.717) is 0 Å². The highest BCUT2D eigenvalue weighted by Crippen LogP contribution is 2.27. The van der Waals surface area contributed by atoms with Gasteiger partial charge in [0.1, 0.15) is 5.60 Å². The molecule has 0 aromatic heterocycles. The molecular formula is C7H13F3O3. The van der Waals surface area contributed by atoms with Gasteiger partial charge >= 0.3 is 6.18 Å². The molecule has 0 aliphatic heterocycles. The van der Waals surface area contributed by atoms with Crippen LogP contribution in [0.3, 0.4) is 0 Å². The molecule has 3 nitrogen and oxygen atoms in total. The quantitative estimate of drug-likeness (QED) is 0.689. The number of alkyl halides is 3. The van der Waals surface area contributed by atoms with Gasteiger partial charge in [0.05, 0.1) is 13.2 Å². The van der Waals surface area contributed by atoms with Crippen LogP contribution in [0.4, 0.5) is 13.2 Å². The van der Waals surface area contributed by atoms with E-state index in [0.717, 1.165) is 7.11 Å². The highest BCUT2D eigenvalue weighted by molar-refractivity contribution is 4.79. The van der Waals surface area contributed by atoms with Crippen LogP contribution in [0.15, 0.2) is 0 Å². The van der Waals surface area contributed by atoms with E-state index >= 15 is 0 Å². The van der Waals surface area contributed by atoms with Gasteiger partial charge in [-0.1, -0.05) is 0 Å². The molecule has 2 N–H and O–H groups in total. The van der Waals surface area contributed by atoms with Gasteiger partial charge in [0.2, 0.25) is 0 Å². The number of rotatable bonds is 5. The molecule has 0 atom stereocenters. The van der Waals surface area contributed by atoms with Crippen molar-refractivity contribution in [2.24, 2.45) is 0 Å². The van der Waals surface area contributed by atoms with E-state index in [2.05, 4.69) is 4.74 Å². The molecule has 0 bridgehead atoms. The fourth-order valence-corrected chi connectivity index (χ4v) is 0.809. The first-order valence-electron chi connectivity index (χ1n) is 3.73. The number of hydrogen-bond donors (Lipinski definition) is 2. The molecule has 0 saturated heterocycles. The summed E-state index contributed by atoms with van der Waals surface area (Å²) in [5.74, 6) is 0. The molecule has 6 heteroatoms. The van der Waals surface area contributed by atoms with Crippen molar-refractivity contribution in [2.45, 2.75) is 24.6 Å². The van der Waals surface area contributed by atoms with E-state index in [1.54, 1.807) is 0 Å². The van der Waals surface area contributed by atoms with E-state index in [-0.39, 0.29) is 0 Å². The summed E-state index contributed by atoms with van der Waals surface area (Å²) in [6.45, 7) is -1.26.